The largest absolute Gasteiger partial charge is 0.444 e. The summed E-state index contributed by atoms with van der Waals surface area (Å²) in [4.78, 5) is 31.6. The van der Waals surface area contributed by atoms with E-state index in [1.54, 1.807) is 0 Å². The Kier molecular flexibility index (Phi) is 11.3. The number of ether oxygens (including phenoxy) is 1. The first-order valence-electron chi connectivity index (χ1n) is 15.9. The summed E-state index contributed by atoms with van der Waals surface area (Å²) in [6.07, 6.45) is 5.33. The lowest BCUT2D eigenvalue weighted by Gasteiger charge is -2.36. The zero-order valence-electron chi connectivity index (χ0n) is 26.3. The summed E-state index contributed by atoms with van der Waals surface area (Å²) in [6, 6.07) is 28.4. The summed E-state index contributed by atoms with van der Waals surface area (Å²) in [5.41, 5.74) is 11.8. The number of hydrogen-bond acceptors (Lipinski definition) is 6. The minimum absolute atomic E-state index is 0.0795. The van der Waals surface area contributed by atoms with Gasteiger partial charge < -0.3 is 20.3 Å². The van der Waals surface area contributed by atoms with Gasteiger partial charge >= 0.3 is 6.09 Å². The van der Waals surface area contributed by atoms with Gasteiger partial charge in [-0.1, -0.05) is 74.0 Å². The molecule has 1 saturated carbocycles. The van der Waals surface area contributed by atoms with E-state index < -0.39 is 6.09 Å². The monoisotopic (exact) mass is 624 g/mol. The van der Waals surface area contributed by atoms with Crippen molar-refractivity contribution in [1.29, 1.82) is 0 Å². The molecule has 8 heteroatoms. The van der Waals surface area contributed by atoms with Crippen LogP contribution >= 0.6 is 11.3 Å². The highest BCUT2D eigenvalue weighted by molar-refractivity contribution is 7.12. The Morgan fingerprint density at radius 2 is 1.67 bits per heavy atom. The Bertz CT molecular complexity index is 1530. The molecule has 1 aliphatic carbocycles. The molecule has 1 aromatic heterocycles. The lowest BCUT2D eigenvalue weighted by molar-refractivity contribution is 0.0611. The molecule has 3 N–H and O–H groups in total. The van der Waals surface area contributed by atoms with Gasteiger partial charge in [0.15, 0.2) is 0 Å². The molecular formula is C37H44N4O3S. The van der Waals surface area contributed by atoms with Gasteiger partial charge in [-0.25, -0.2) is 4.79 Å². The highest BCUT2D eigenvalue weighted by atomic mass is 32.1. The van der Waals surface area contributed by atoms with Crippen molar-refractivity contribution in [3.63, 3.8) is 0 Å². The van der Waals surface area contributed by atoms with Gasteiger partial charge in [0.1, 0.15) is 6.61 Å². The molecule has 1 aliphatic rings. The van der Waals surface area contributed by atoms with Crippen LogP contribution in [0.15, 0.2) is 90.3 Å². The Morgan fingerprint density at radius 3 is 2.40 bits per heavy atom. The highest BCUT2D eigenvalue weighted by Gasteiger charge is 2.29. The Labute approximate surface area is 271 Å². The Morgan fingerprint density at radius 1 is 0.911 bits per heavy atom. The number of unbranched alkanes of at least 4 members (excludes halogenated alkanes) is 1. The second-order valence-electron chi connectivity index (χ2n) is 11.9. The molecular weight excluding hydrogens is 580 g/mol. The summed E-state index contributed by atoms with van der Waals surface area (Å²) in [7, 11) is 2.04. The first-order valence-corrected chi connectivity index (χ1v) is 16.8. The van der Waals surface area contributed by atoms with Crippen molar-refractivity contribution in [3.05, 3.63) is 106 Å². The van der Waals surface area contributed by atoms with Gasteiger partial charge in [-0.2, -0.15) is 0 Å². The third-order valence-corrected chi connectivity index (χ3v) is 9.35. The molecule has 0 atom stereocenters. The Hall–Kier alpha value is -4.14. The fraction of sp³-hybridized carbons (Fsp3) is 0.351. The van der Waals surface area contributed by atoms with Gasteiger partial charge in [0, 0.05) is 32.2 Å². The molecule has 1 heterocycles. The summed E-state index contributed by atoms with van der Waals surface area (Å²) < 4.78 is 5.56. The van der Waals surface area contributed by atoms with E-state index in [4.69, 9.17) is 10.5 Å². The quantitative estimate of drug-likeness (QED) is 0.166. The number of nitrogens with one attached hydrogen (secondary N) is 1. The van der Waals surface area contributed by atoms with Crippen LogP contribution in [0.5, 0.6) is 0 Å². The molecule has 0 aliphatic heterocycles. The van der Waals surface area contributed by atoms with Crippen LogP contribution in [0.3, 0.4) is 0 Å². The van der Waals surface area contributed by atoms with Crippen molar-refractivity contribution in [3.8, 4) is 11.1 Å². The molecule has 0 radical (unpaired) electrons. The average molecular weight is 625 g/mol. The number of nitrogens with two attached hydrogens (primary N) is 1. The van der Waals surface area contributed by atoms with Gasteiger partial charge in [0.25, 0.3) is 5.91 Å². The molecule has 0 bridgehead atoms. The van der Waals surface area contributed by atoms with Crippen molar-refractivity contribution in [1.82, 2.24) is 4.90 Å². The van der Waals surface area contributed by atoms with Crippen molar-refractivity contribution in [2.45, 2.75) is 70.7 Å². The second kappa shape index (κ2) is 15.7. The molecule has 0 saturated heterocycles. The SMILES string of the molecule is CCCCN(C)c1ccc(-c2cccc(CN(C(=O)c3cccs3)C3CCC(N)CC3)c2)cc1NC(=O)OCc1ccccc1. The number of benzene rings is 3. The van der Waals surface area contributed by atoms with E-state index in [1.807, 2.05) is 71.9 Å². The predicted molar refractivity (Wildman–Crippen MR) is 185 cm³/mol. The van der Waals surface area contributed by atoms with Gasteiger partial charge in [0.05, 0.1) is 16.3 Å². The van der Waals surface area contributed by atoms with Crippen LogP contribution in [0.25, 0.3) is 11.1 Å². The van der Waals surface area contributed by atoms with Crippen LogP contribution in [0, 0.1) is 0 Å². The molecule has 45 heavy (non-hydrogen) atoms. The maximum Gasteiger partial charge on any atom is 0.412 e. The normalized spacial score (nSPS) is 16.2. The molecule has 1 fully saturated rings. The first kappa shape index (κ1) is 32.3. The van der Waals surface area contributed by atoms with Crippen LogP contribution in [0.1, 0.15) is 66.2 Å². The minimum atomic E-state index is -0.496. The summed E-state index contributed by atoms with van der Waals surface area (Å²) in [5, 5.41) is 4.96. The number of carbonyl (C=O) groups is 2. The number of nitrogens with zero attached hydrogens (tertiary/aromatic N) is 2. The van der Waals surface area contributed by atoms with E-state index in [9.17, 15) is 9.59 Å². The number of thiophene rings is 1. The molecule has 236 valence electrons. The standard InChI is InChI=1S/C37H44N4O3S/c1-3-4-21-40(2)34-20-15-30(24-33(34)39-37(43)44-26-27-10-6-5-7-11-27)29-13-8-12-28(23-29)25-41(32-18-16-31(38)17-19-32)36(42)35-14-9-22-45-35/h5-15,20,22-24,31-32H,3-4,16-19,21,25-26,38H2,1-2H3,(H,39,43). The van der Waals surface area contributed by atoms with E-state index in [2.05, 4.69) is 47.5 Å². The molecule has 5 rings (SSSR count). The van der Waals surface area contributed by atoms with Crippen molar-refractivity contribution in [2.24, 2.45) is 5.73 Å². The predicted octanol–water partition coefficient (Wildman–Crippen LogP) is 8.31. The third kappa shape index (κ3) is 8.74. The third-order valence-electron chi connectivity index (χ3n) is 8.49. The molecule has 3 aromatic carbocycles. The van der Waals surface area contributed by atoms with Crippen LogP contribution in [-0.2, 0) is 17.9 Å². The number of amides is 2. The van der Waals surface area contributed by atoms with Crippen molar-refractivity contribution >= 4 is 34.7 Å². The van der Waals surface area contributed by atoms with Gasteiger partial charge in [-0.3, -0.25) is 10.1 Å². The summed E-state index contributed by atoms with van der Waals surface area (Å²) in [5.74, 6) is 0.0795. The maximum atomic E-state index is 13.7. The zero-order valence-corrected chi connectivity index (χ0v) is 27.1. The average Bonchev–Trinajstić information content (AvgIpc) is 3.61. The summed E-state index contributed by atoms with van der Waals surface area (Å²) in [6.45, 7) is 3.77. The zero-order chi connectivity index (χ0) is 31.6. The lowest BCUT2D eigenvalue weighted by Crippen LogP contribution is -2.43. The number of hydrogen-bond donors (Lipinski definition) is 2. The van der Waals surface area contributed by atoms with Gasteiger partial charge in [0.2, 0.25) is 0 Å². The fourth-order valence-electron chi connectivity index (χ4n) is 5.90. The van der Waals surface area contributed by atoms with Gasteiger partial charge in [-0.05, 0) is 84.0 Å². The van der Waals surface area contributed by atoms with E-state index >= 15 is 0 Å². The smallest absolute Gasteiger partial charge is 0.412 e. The molecule has 4 aromatic rings. The number of anilines is 2. The maximum absolute atomic E-state index is 13.7. The highest BCUT2D eigenvalue weighted by Crippen LogP contribution is 2.33. The lowest BCUT2D eigenvalue weighted by atomic mass is 9.90. The minimum Gasteiger partial charge on any atom is -0.444 e. The van der Waals surface area contributed by atoms with Crippen molar-refractivity contribution < 1.29 is 14.3 Å². The summed E-state index contributed by atoms with van der Waals surface area (Å²) >= 11 is 1.49. The van der Waals surface area contributed by atoms with E-state index in [-0.39, 0.29) is 24.6 Å². The number of rotatable bonds is 12. The van der Waals surface area contributed by atoms with Crippen LogP contribution < -0.4 is 16.0 Å². The second-order valence-corrected chi connectivity index (χ2v) is 12.8. The molecule has 0 unspecified atom stereocenters. The van der Waals surface area contributed by atoms with Crippen LogP contribution in [0.2, 0.25) is 0 Å². The molecule has 7 nitrogen and oxygen atoms in total. The Balaban J connectivity index is 1.38. The van der Waals surface area contributed by atoms with Gasteiger partial charge in [-0.15, -0.1) is 11.3 Å². The van der Waals surface area contributed by atoms with Crippen molar-refractivity contribution in [2.75, 3.05) is 23.8 Å². The first-order chi connectivity index (χ1) is 21.9. The van der Waals surface area contributed by atoms with E-state index in [1.165, 1.54) is 11.3 Å². The number of carbonyl (C=O) groups excluding carboxylic acids is 2. The molecule has 2 amide bonds. The van der Waals surface area contributed by atoms with E-state index in [0.717, 1.165) is 77.9 Å². The van der Waals surface area contributed by atoms with Crippen LogP contribution in [-0.4, -0.2) is 42.6 Å². The van der Waals surface area contributed by atoms with E-state index in [0.29, 0.717) is 12.2 Å². The van der Waals surface area contributed by atoms with Crippen LogP contribution in [0.4, 0.5) is 16.2 Å². The fourth-order valence-corrected chi connectivity index (χ4v) is 6.58. The topological polar surface area (TPSA) is 87.9 Å². The molecule has 0 spiro atoms.